The molecule has 1 aromatic rings. The summed E-state index contributed by atoms with van der Waals surface area (Å²) >= 11 is 0. The molecule has 0 aliphatic carbocycles. The van der Waals surface area contributed by atoms with E-state index in [0.29, 0.717) is 24.8 Å². The Bertz CT molecular complexity index is 405. The van der Waals surface area contributed by atoms with Crippen LogP contribution in [0.25, 0.3) is 0 Å². The van der Waals surface area contributed by atoms with Crippen molar-refractivity contribution in [1.29, 1.82) is 0 Å². The fourth-order valence-corrected chi connectivity index (χ4v) is 1.26. The van der Waals surface area contributed by atoms with E-state index in [1.54, 1.807) is 13.1 Å². The zero-order valence-corrected chi connectivity index (χ0v) is 8.25. The van der Waals surface area contributed by atoms with Gasteiger partial charge >= 0.3 is 6.09 Å². The lowest BCUT2D eigenvalue weighted by Gasteiger charge is -2.22. The summed E-state index contributed by atoms with van der Waals surface area (Å²) in [5.41, 5.74) is 0. The number of hydrogen-bond acceptors (Lipinski definition) is 5. The Morgan fingerprint density at radius 3 is 3.13 bits per heavy atom. The van der Waals surface area contributed by atoms with Gasteiger partial charge in [-0.25, -0.2) is 19.8 Å². The third-order valence-electron chi connectivity index (χ3n) is 1.88. The van der Waals surface area contributed by atoms with Gasteiger partial charge in [0.25, 0.3) is 0 Å². The van der Waals surface area contributed by atoms with Crippen molar-refractivity contribution >= 4 is 23.9 Å². The first-order chi connectivity index (χ1) is 7.33. The van der Waals surface area contributed by atoms with Crippen molar-refractivity contribution in [2.45, 2.75) is 6.92 Å². The Morgan fingerprint density at radius 1 is 1.53 bits per heavy atom. The first kappa shape index (κ1) is 9.57. The monoisotopic (exact) mass is 206 g/mol. The van der Waals surface area contributed by atoms with Gasteiger partial charge in [0.1, 0.15) is 0 Å². The largest absolute Gasteiger partial charge is 0.449 e. The second-order valence-electron chi connectivity index (χ2n) is 2.82. The molecule has 0 radical (unpaired) electrons. The summed E-state index contributed by atoms with van der Waals surface area (Å²) in [5, 5.41) is 0. The van der Waals surface area contributed by atoms with Crippen LogP contribution in [-0.4, -0.2) is 35.4 Å². The third-order valence-corrected chi connectivity index (χ3v) is 1.88. The number of anilines is 1. The van der Waals surface area contributed by atoms with Gasteiger partial charge in [0.2, 0.25) is 0 Å². The molecule has 0 N–H and O–H groups in total. The van der Waals surface area contributed by atoms with Crippen LogP contribution in [0.3, 0.4) is 0 Å². The second kappa shape index (κ2) is 4.04. The number of aliphatic imine (C=N–C) groups is 1. The number of amides is 1. The van der Waals surface area contributed by atoms with Crippen LogP contribution in [-0.2, 0) is 4.74 Å². The van der Waals surface area contributed by atoms with Crippen molar-refractivity contribution in [2.75, 3.05) is 18.1 Å². The Balaban J connectivity index is 2.30. The molecule has 0 saturated carbocycles. The molecule has 0 aromatic carbocycles. The maximum Gasteiger partial charge on any atom is 0.415 e. The van der Waals surface area contributed by atoms with E-state index in [0.717, 1.165) is 0 Å². The molecule has 0 fully saturated rings. The minimum absolute atomic E-state index is 0.335. The minimum Gasteiger partial charge on any atom is -0.449 e. The Labute approximate surface area is 86.6 Å². The fraction of sp³-hybridized carbons (Fsp3) is 0.333. The number of fused-ring (bicyclic) bond motifs is 1. The van der Waals surface area contributed by atoms with Gasteiger partial charge in [0, 0.05) is 18.6 Å². The number of carbonyl (C=O) groups excluding carboxylic acids is 1. The van der Waals surface area contributed by atoms with Crippen molar-refractivity contribution in [1.82, 2.24) is 9.97 Å². The molecular weight excluding hydrogens is 196 g/mol. The summed E-state index contributed by atoms with van der Waals surface area (Å²) in [7, 11) is 0. The molecule has 0 atom stereocenters. The van der Waals surface area contributed by atoms with E-state index in [1.807, 2.05) is 0 Å². The fourth-order valence-electron chi connectivity index (χ4n) is 1.26. The first-order valence-electron chi connectivity index (χ1n) is 4.60. The van der Waals surface area contributed by atoms with Gasteiger partial charge in [-0.05, 0) is 6.92 Å². The SMILES string of the molecule is CCOC(=O)N1CC=Nc2nccnc21. The lowest BCUT2D eigenvalue weighted by molar-refractivity contribution is 0.160. The van der Waals surface area contributed by atoms with Crippen LogP contribution in [0, 0.1) is 0 Å². The van der Waals surface area contributed by atoms with Crippen LogP contribution in [0.1, 0.15) is 6.92 Å². The van der Waals surface area contributed by atoms with Crippen molar-refractivity contribution in [3.8, 4) is 0 Å². The van der Waals surface area contributed by atoms with E-state index >= 15 is 0 Å². The van der Waals surface area contributed by atoms with Crippen molar-refractivity contribution in [3.05, 3.63) is 12.4 Å². The molecule has 1 aromatic heterocycles. The van der Waals surface area contributed by atoms with Crippen LogP contribution in [0.4, 0.5) is 16.4 Å². The number of nitrogens with zero attached hydrogens (tertiary/aromatic N) is 4. The molecule has 2 heterocycles. The smallest absolute Gasteiger partial charge is 0.415 e. The highest BCUT2D eigenvalue weighted by atomic mass is 16.6. The second-order valence-corrected chi connectivity index (χ2v) is 2.82. The maximum absolute atomic E-state index is 11.5. The quantitative estimate of drug-likeness (QED) is 0.691. The van der Waals surface area contributed by atoms with E-state index in [4.69, 9.17) is 4.74 Å². The highest BCUT2D eigenvalue weighted by Gasteiger charge is 2.23. The summed E-state index contributed by atoms with van der Waals surface area (Å²) in [6.45, 7) is 2.46. The zero-order chi connectivity index (χ0) is 10.7. The van der Waals surface area contributed by atoms with Crippen molar-refractivity contribution in [2.24, 2.45) is 4.99 Å². The highest BCUT2D eigenvalue weighted by Crippen LogP contribution is 2.25. The molecule has 0 bridgehead atoms. The molecule has 1 aliphatic heterocycles. The molecular formula is C9H10N4O2. The van der Waals surface area contributed by atoms with Crippen LogP contribution < -0.4 is 4.90 Å². The molecule has 6 nitrogen and oxygen atoms in total. The first-order valence-corrected chi connectivity index (χ1v) is 4.60. The zero-order valence-electron chi connectivity index (χ0n) is 8.25. The molecule has 6 heteroatoms. The normalized spacial score (nSPS) is 13.5. The molecule has 0 unspecified atom stereocenters. The molecule has 1 amide bonds. The molecule has 78 valence electrons. The van der Waals surface area contributed by atoms with Crippen LogP contribution in [0.5, 0.6) is 0 Å². The van der Waals surface area contributed by atoms with Gasteiger partial charge in [-0.15, -0.1) is 0 Å². The number of ether oxygens (including phenoxy) is 1. The van der Waals surface area contributed by atoms with Gasteiger partial charge in [0.05, 0.1) is 13.2 Å². The summed E-state index contributed by atoms with van der Waals surface area (Å²) in [4.78, 5) is 25.0. The van der Waals surface area contributed by atoms with E-state index in [2.05, 4.69) is 15.0 Å². The van der Waals surface area contributed by atoms with E-state index in [-0.39, 0.29) is 0 Å². The van der Waals surface area contributed by atoms with E-state index in [1.165, 1.54) is 17.3 Å². The van der Waals surface area contributed by atoms with E-state index in [9.17, 15) is 4.79 Å². The summed E-state index contributed by atoms with van der Waals surface area (Å²) < 4.78 is 4.90. The topological polar surface area (TPSA) is 67.7 Å². The molecule has 0 spiro atoms. The Kier molecular flexibility index (Phi) is 2.57. The number of hydrogen-bond donors (Lipinski definition) is 0. The van der Waals surface area contributed by atoms with Crippen molar-refractivity contribution < 1.29 is 9.53 Å². The third kappa shape index (κ3) is 1.78. The predicted octanol–water partition coefficient (Wildman–Crippen LogP) is 1.16. The van der Waals surface area contributed by atoms with Gasteiger partial charge in [-0.2, -0.15) is 0 Å². The molecule has 0 saturated heterocycles. The Hall–Kier alpha value is -1.98. The number of carbonyl (C=O) groups is 1. The van der Waals surface area contributed by atoms with Gasteiger partial charge in [0.15, 0.2) is 11.6 Å². The average Bonchev–Trinajstić information content (AvgIpc) is 2.28. The molecule has 1 aliphatic rings. The number of rotatable bonds is 1. The van der Waals surface area contributed by atoms with Crippen molar-refractivity contribution in [3.63, 3.8) is 0 Å². The average molecular weight is 206 g/mol. The van der Waals surface area contributed by atoms with Crippen LogP contribution in [0.2, 0.25) is 0 Å². The highest BCUT2D eigenvalue weighted by molar-refractivity contribution is 5.95. The minimum atomic E-state index is -0.426. The van der Waals surface area contributed by atoms with Crippen LogP contribution in [0.15, 0.2) is 17.4 Å². The van der Waals surface area contributed by atoms with Gasteiger partial charge in [-0.1, -0.05) is 0 Å². The molecule has 2 rings (SSSR count). The lowest BCUT2D eigenvalue weighted by atomic mass is 10.4. The summed E-state index contributed by atoms with van der Waals surface area (Å²) in [6, 6.07) is 0. The summed E-state index contributed by atoms with van der Waals surface area (Å²) in [5.74, 6) is 0.884. The molecule has 15 heavy (non-hydrogen) atoms. The number of aromatic nitrogens is 2. The predicted molar refractivity (Wildman–Crippen MR) is 54.6 cm³/mol. The van der Waals surface area contributed by atoms with Crippen LogP contribution >= 0.6 is 0 Å². The van der Waals surface area contributed by atoms with Gasteiger partial charge in [-0.3, -0.25) is 4.90 Å². The lowest BCUT2D eigenvalue weighted by Crippen LogP contribution is -2.35. The Morgan fingerprint density at radius 2 is 2.33 bits per heavy atom. The summed E-state index contributed by atoms with van der Waals surface area (Å²) in [6.07, 6.45) is 4.23. The standard InChI is InChI=1S/C9H10N4O2/c1-2-15-9(14)13-6-5-11-7-8(13)12-4-3-10-7/h3-5H,2,6H2,1H3. The van der Waals surface area contributed by atoms with E-state index < -0.39 is 6.09 Å². The maximum atomic E-state index is 11.5. The van der Waals surface area contributed by atoms with Gasteiger partial charge < -0.3 is 4.74 Å².